The average Bonchev–Trinajstić information content (AvgIpc) is 3.20. The molecule has 0 spiro atoms. The Bertz CT molecular complexity index is 1100. The summed E-state index contributed by atoms with van der Waals surface area (Å²) in [5.41, 5.74) is 7.76. The lowest BCUT2D eigenvalue weighted by Gasteiger charge is -2.26. The molecule has 3 rings (SSSR count). The molecule has 0 radical (unpaired) electrons. The second kappa shape index (κ2) is 10.4. The number of hydrogen-bond donors (Lipinski definition) is 2. The van der Waals surface area contributed by atoms with Gasteiger partial charge in [-0.15, -0.1) is 11.3 Å². The highest BCUT2D eigenvalue weighted by Crippen LogP contribution is 2.26. The number of aromatic amines is 1. The van der Waals surface area contributed by atoms with Crippen LogP contribution in [0.15, 0.2) is 45.3 Å². The maximum Gasteiger partial charge on any atom is 0.330 e. The number of H-pyrrole nitrogens is 1. The molecule has 0 aliphatic heterocycles. The molecule has 0 aliphatic carbocycles. The molecular formula is C23H31N5O2S. The second-order valence-corrected chi connectivity index (χ2v) is 8.97. The molecule has 0 bridgehead atoms. The van der Waals surface area contributed by atoms with Crippen molar-refractivity contribution in [2.45, 2.75) is 53.1 Å². The van der Waals surface area contributed by atoms with E-state index in [0.717, 1.165) is 35.5 Å². The number of hydrogen-bond acceptors (Lipinski definition) is 6. The maximum absolute atomic E-state index is 12.8. The SMILES string of the molecule is CCCCn1c(N)c(N(CCC(C)C)Cc2csc(-c3ccccc3)n2)c(=O)[nH]c1=O. The van der Waals surface area contributed by atoms with Gasteiger partial charge in [-0.3, -0.25) is 14.3 Å². The Balaban J connectivity index is 1.96. The summed E-state index contributed by atoms with van der Waals surface area (Å²) >= 11 is 1.58. The zero-order valence-electron chi connectivity index (χ0n) is 18.4. The van der Waals surface area contributed by atoms with Crippen molar-refractivity contribution in [3.8, 4) is 10.6 Å². The van der Waals surface area contributed by atoms with Crippen molar-refractivity contribution in [2.75, 3.05) is 17.2 Å². The minimum Gasteiger partial charge on any atom is -0.383 e. The zero-order chi connectivity index (χ0) is 22.4. The van der Waals surface area contributed by atoms with Crippen LogP contribution < -0.4 is 21.9 Å². The van der Waals surface area contributed by atoms with Crippen LogP contribution in [-0.2, 0) is 13.1 Å². The third-order valence-electron chi connectivity index (χ3n) is 5.17. The molecule has 1 aromatic carbocycles. The zero-order valence-corrected chi connectivity index (χ0v) is 19.2. The van der Waals surface area contributed by atoms with Gasteiger partial charge in [-0.25, -0.2) is 9.78 Å². The predicted octanol–water partition coefficient (Wildman–Crippen LogP) is 4.10. The molecule has 8 heteroatoms. The van der Waals surface area contributed by atoms with E-state index in [1.54, 1.807) is 11.3 Å². The van der Waals surface area contributed by atoms with Crippen molar-refractivity contribution in [3.05, 3.63) is 62.2 Å². The number of nitrogens with two attached hydrogens (primary N) is 1. The minimum absolute atomic E-state index is 0.226. The highest BCUT2D eigenvalue weighted by atomic mass is 32.1. The standard InChI is InChI=1S/C23H31N5O2S/c1-4-5-12-28-20(24)19(21(29)26-23(28)30)27(13-11-16(2)3)14-18-15-31-22(25-18)17-9-7-6-8-10-17/h6-10,15-16H,4-5,11-14,24H2,1-3H3,(H,26,29,30). The number of nitrogens with zero attached hydrogens (tertiary/aromatic N) is 3. The normalized spacial score (nSPS) is 11.2. The molecule has 2 heterocycles. The Morgan fingerprint density at radius 2 is 1.97 bits per heavy atom. The largest absolute Gasteiger partial charge is 0.383 e. The first kappa shape index (κ1) is 22.8. The van der Waals surface area contributed by atoms with Crippen LogP contribution in [0, 0.1) is 5.92 Å². The van der Waals surface area contributed by atoms with Gasteiger partial charge in [0.05, 0.1) is 12.2 Å². The van der Waals surface area contributed by atoms with E-state index in [9.17, 15) is 9.59 Å². The van der Waals surface area contributed by atoms with Gasteiger partial charge in [-0.05, 0) is 18.8 Å². The smallest absolute Gasteiger partial charge is 0.330 e. The molecule has 3 aromatic rings. The number of unbranched alkanes of at least 4 members (excludes halogenated alkanes) is 1. The molecule has 0 atom stereocenters. The fourth-order valence-corrected chi connectivity index (χ4v) is 4.21. The van der Waals surface area contributed by atoms with Crippen LogP contribution >= 0.6 is 11.3 Å². The summed E-state index contributed by atoms with van der Waals surface area (Å²) in [6, 6.07) is 10.0. The Morgan fingerprint density at radius 3 is 2.65 bits per heavy atom. The van der Waals surface area contributed by atoms with Gasteiger partial charge in [0.25, 0.3) is 5.56 Å². The van der Waals surface area contributed by atoms with Crippen molar-refractivity contribution in [2.24, 2.45) is 5.92 Å². The van der Waals surface area contributed by atoms with Crippen LogP contribution in [-0.4, -0.2) is 21.1 Å². The molecule has 0 saturated heterocycles. The fraction of sp³-hybridized carbons (Fsp3) is 0.435. The summed E-state index contributed by atoms with van der Waals surface area (Å²) in [4.78, 5) is 34.3. The molecular weight excluding hydrogens is 410 g/mol. The molecule has 0 amide bonds. The van der Waals surface area contributed by atoms with E-state index in [2.05, 4.69) is 25.8 Å². The van der Waals surface area contributed by atoms with Crippen molar-refractivity contribution in [1.29, 1.82) is 0 Å². The van der Waals surface area contributed by atoms with Gasteiger partial charge in [-0.1, -0.05) is 57.5 Å². The van der Waals surface area contributed by atoms with Gasteiger partial charge in [0, 0.05) is 24.0 Å². The first-order valence-electron chi connectivity index (χ1n) is 10.8. The lowest BCUT2D eigenvalue weighted by Crippen LogP contribution is -2.39. The molecule has 31 heavy (non-hydrogen) atoms. The van der Waals surface area contributed by atoms with E-state index >= 15 is 0 Å². The minimum atomic E-state index is -0.455. The summed E-state index contributed by atoms with van der Waals surface area (Å²) < 4.78 is 1.47. The molecule has 166 valence electrons. The number of anilines is 2. The highest BCUT2D eigenvalue weighted by Gasteiger charge is 2.20. The Morgan fingerprint density at radius 1 is 1.23 bits per heavy atom. The maximum atomic E-state index is 12.8. The number of aromatic nitrogens is 3. The quantitative estimate of drug-likeness (QED) is 0.494. The monoisotopic (exact) mass is 441 g/mol. The lowest BCUT2D eigenvalue weighted by molar-refractivity contribution is 0.564. The van der Waals surface area contributed by atoms with E-state index in [-0.39, 0.29) is 5.82 Å². The highest BCUT2D eigenvalue weighted by molar-refractivity contribution is 7.13. The first-order chi connectivity index (χ1) is 14.9. The first-order valence-corrected chi connectivity index (χ1v) is 11.7. The van der Waals surface area contributed by atoms with E-state index in [1.165, 1.54) is 4.57 Å². The van der Waals surface area contributed by atoms with Gasteiger partial charge < -0.3 is 10.6 Å². The number of nitrogen functional groups attached to an aromatic ring is 1. The summed E-state index contributed by atoms with van der Waals surface area (Å²) in [6.07, 6.45) is 2.63. The second-order valence-electron chi connectivity index (χ2n) is 8.11. The van der Waals surface area contributed by atoms with Crippen LogP contribution in [0.5, 0.6) is 0 Å². The van der Waals surface area contributed by atoms with Crippen LogP contribution in [0.4, 0.5) is 11.5 Å². The molecule has 0 unspecified atom stereocenters. The van der Waals surface area contributed by atoms with E-state index in [1.807, 2.05) is 40.6 Å². The van der Waals surface area contributed by atoms with Gasteiger partial charge in [0.15, 0.2) is 0 Å². The van der Waals surface area contributed by atoms with Gasteiger partial charge >= 0.3 is 5.69 Å². The number of benzene rings is 1. The predicted molar refractivity (Wildman–Crippen MR) is 129 cm³/mol. The Hall–Kier alpha value is -2.87. The number of thiazole rings is 1. The molecule has 3 N–H and O–H groups in total. The van der Waals surface area contributed by atoms with Crippen molar-refractivity contribution in [3.63, 3.8) is 0 Å². The van der Waals surface area contributed by atoms with Gasteiger partial charge in [0.1, 0.15) is 16.5 Å². The topological polar surface area (TPSA) is 97.0 Å². The summed E-state index contributed by atoms with van der Waals surface area (Å²) in [6.45, 7) is 7.92. The summed E-state index contributed by atoms with van der Waals surface area (Å²) in [7, 11) is 0. The van der Waals surface area contributed by atoms with Crippen molar-refractivity contribution >= 4 is 22.8 Å². The molecule has 2 aromatic heterocycles. The summed E-state index contributed by atoms with van der Waals surface area (Å²) in [5, 5.41) is 2.96. The number of nitrogens with one attached hydrogen (secondary N) is 1. The fourth-order valence-electron chi connectivity index (χ4n) is 3.39. The third-order valence-corrected chi connectivity index (χ3v) is 6.11. The van der Waals surface area contributed by atoms with E-state index in [4.69, 9.17) is 10.7 Å². The van der Waals surface area contributed by atoms with Crippen LogP contribution in [0.2, 0.25) is 0 Å². The van der Waals surface area contributed by atoms with E-state index in [0.29, 0.717) is 31.2 Å². The lowest BCUT2D eigenvalue weighted by atomic mass is 10.1. The molecule has 0 fully saturated rings. The Labute approximate surface area is 186 Å². The van der Waals surface area contributed by atoms with Crippen molar-refractivity contribution in [1.82, 2.24) is 14.5 Å². The average molecular weight is 442 g/mol. The van der Waals surface area contributed by atoms with Crippen molar-refractivity contribution < 1.29 is 0 Å². The molecule has 7 nitrogen and oxygen atoms in total. The number of rotatable bonds is 10. The van der Waals surface area contributed by atoms with E-state index < -0.39 is 11.2 Å². The summed E-state index contributed by atoms with van der Waals surface area (Å²) in [5.74, 6) is 0.689. The Kier molecular flexibility index (Phi) is 7.68. The van der Waals surface area contributed by atoms with Crippen LogP contribution in [0.25, 0.3) is 10.6 Å². The van der Waals surface area contributed by atoms with Gasteiger partial charge in [0.2, 0.25) is 0 Å². The van der Waals surface area contributed by atoms with Gasteiger partial charge in [-0.2, -0.15) is 0 Å². The van der Waals surface area contributed by atoms with Crippen LogP contribution in [0.3, 0.4) is 0 Å². The van der Waals surface area contributed by atoms with Crippen LogP contribution in [0.1, 0.15) is 45.7 Å². The third kappa shape index (κ3) is 5.64. The molecule has 0 aliphatic rings. The molecule has 0 saturated carbocycles.